The van der Waals surface area contributed by atoms with Gasteiger partial charge in [-0.3, -0.25) is 4.90 Å². The lowest BCUT2D eigenvalue weighted by molar-refractivity contribution is 0.0970. The van der Waals surface area contributed by atoms with Crippen LogP contribution in [0, 0.1) is 0 Å². The molecule has 2 atom stereocenters. The van der Waals surface area contributed by atoms with Crippen molar-refractivity contribution in [3.63, 3.8) is 0 Å². The Kier molecular flexibility index (Phi) is 4.38. The number of piperidine rings is 1. The third-order valence-electron chi connectivity index (χ3n) is 4.04. The van der Waals surface area contributed by atoms with Crippen LogP contribution in [-0.4, -0.2) is 23.5 Å². The molecule has 1 aliphatic rings. The van der Waals surface area contributed by atoms with E-state index in [1.54, 1.807) is 0 Å². The molecule has 1 fully saturated rings. The highest BCUT2D eigenvalue weighted by Crippen LogP contribution is 2.38. The SMILES string of the molecule is CC(C)N1CCCC(N)C1c1ccc(C(C)(C)C)s1. The molecular formula is C16H28N2S. The van der Waals surface area contributed by atoms with E-state index in [-0.39, 0.29) is 11.5 Å². The molecule has 2 N–H and O–H groups in total. The van der Waals surface area contributed by atoms with Gasteiger partial charge in [0.05, 0.1) is 6.04 Å². The van der Waals surface area contributed by atoms with Crippen molar-refractivity contribution >= 4 is 11.3 Å². The highest BCUT2D eigenvalue weighted by atomic mass is 32.1. The van der Waals surface area contributed by atoms with Crippen molar-refractivity contribution in [3.8, 4) is 0 Å². The lowest BCUT2D eigenvalue weighted by atomic mass is 9.93. The molecule has 0 amide bonds. The van der Waals surface area contributed by atoms with Crippen LogP contribution in [-0.2, 0) is 5.41 Å². The maximum atomic E-state index is 6.42. The summed E-state index contributed by atoms with van der Waals surface area (Å²) >= 11 is 1.95. The van der Waals surface area contributed by atoms with Crippen LogP contribution in [0.4, 0.5) is 0 Å². The second kappa shape index (κ2) is 5.55. The van der Waals surface area contributed by atoms with Gasteiger partial charge in [0.25, 0.3) is 0 Å². The first-order valence-corrected chi connectivity index (χ1v) is 8.24. The molecule has 2 heterocycles. The van der Waals surface area contributed by atoms with Crippen LogP contribution in [0.2, 0.25) is 0 Å². The summed E-state index contributed by atoms with van der Waals surface area (Å²) in [7, 11) is 0. The van der Waals surface area contributed by atoms with Gasteiger partial charge in [0, 0.05) is 21.8 Å². The van der Waals surface area contributed by atoms with Gasteiger partial charge in [-0.2, -0.15) is 0 Å². The fraction of sp³-hybridized carbons (Fsp3) is 0.750. The quantitative estimate of drug-likeness (QED) is 0.889. The topological polar surface area (TPSA) is 29.3 Å². The molecule has 2 nitrogen and oxygen atoms in total. The van der Waals surface area contributed by atoms with Gasteiger partial charge in [-0.05, 0) is 50.8 Å². The molecule has 108 valence electrons. The van der Waals surface area contributed by atoms with Gasteiger partial charge in [-0.25, -0.2) is 0 Å². The van der Waals surface area contributed by atoms with Crippen molar-refractivity contribution < 1.29 is 0 Å². The molecule has 2 rings (SSSR count). The molecule has 0 aromatic carbocycles. The number of hydrogen-bond acceptors (Lipinski definition) is 3. The first-order valence-electron chi connectivity index (χ1n) is 7.42. The van der Waals surface area contributed by atoms with Crippen molar-refractivity contribution in [1.29, 1.82) is 0 Å². The van der Waals surface area contributed by atoms with Crippen LogP contribution < -0.4 is 5.73 Å². The number of likely N-dealkylation sites (tertiary alicyclic amines) is 1. The summed E-state index contributed by atoms with van der Waals surface area (Å²) in [5.41, 5.74) is 6.66. The summed E-state index contributed by atoms with van der Waals surface area (Å²) in [6, 6.07) is 5.85. The number of nitrogens with zero attached hydrogens (tertiary/aromatic N) is 1. The largest absolute Gasteiger partial charge is 0.326 e. The lowest BCUT2D eigenvalue weighted by Gasteiger charge is -2.41. The maximum absolute atomic E-state index is 6.42. The molecule has 3 heteroatoms. The summed E-state index contributed by atoms with van der Waals surface area (Å²) < 4.78 is 0. The Bertz CT molecular complexity index is 417. The van der Waals surface area contributed by atoms with E-state index in [4.69, 9.17) is 5.73 Å². The van der Waals surface area contributed by atoms with Crippen LogP contribution in [0.25, 0.3) is 0 Å². The monoisotopic (exact) mass is 280 g/mol. The highest BCUT2D eigenvalue weighted by Gasteiger charge is 2.33. The Morgan fingerprint density at radius 1 is 1.32 bits per heavy atom. The average Bonchev–Trinajstić information content (AvgIpc) is 2.77. The normalized spacial score (nSPS) is 26.1. The zero-order chi connectivity index (χ0) is 14.2. The van der Waals surface area contributed by atoms with E-state index in [9.17, 15) is 0 Å². The second-order valence-corrected chi connectivity index (χ2v) is 8.15. The number of rotatable bonds is 2. The Morgan fingerprint density at radius 3 is 2.53 bits per heavy atom. The van der Waals surface area contributed by atoms with Crippen LogP contribution in [0.5, 0.6) is 0 Å². The maximum Gasteiger partial charge on any atom is 0.0595 e. The van der Waals surface area contributed by atoms with Gasteiger partial charge in [-0.15, -0.1) is 11.3 Å². The fourth-order valence-corrected chi connectivity index (χ4v) is 4.18. The van der Waals surface area contributed by atoms with Crippen molar-refractivity contribution in [3.05, 3.63) is 21.9 Å². The molecule has 2 unspecified atom stereocenters. The molecule has 1 aromatic rings. The molecule has 0 spiro atoms. The van der Waals surface area contributed by atoms with Crippen molar-refractivity contribution in [2.24, 2.45) is 5.73 Å². The van der Waals surface area contributed by atoms with E-state index in [0.717, 1.165) is 6.42 Å². The lowest BCUT2D eigenvalue weighted by Crippen LogP contribution is -2.48. The number of thiophene rings is 1. The van der Waals surface area contributed by atoms with Crippen LogP contribution in [0.1, 0.15) is 63.3 Å². The van der Waals surface area contributed by atoms with Crippen molar-refractivity contribution in [2.45, 2.75) is 71.0 Å². The summed E-state index contributed by atoms with van der Waals surface area (Å²) in [4.78, 5) is 5.49. The highest BCUT2D eigenvalue weighted by molar-refractivity contribution is 7.12. The van der Waals surface area contributed by atoms with Gasteiger partial charge in [0.2, 0.25) is 0 Å². The molecule has 1 aliphatic heterocycles. The van der Waals surface area contributed by atoms with Crippen LogP contribution in [0.15, 0.2) is 12.1 Å². The third kappa shape index (κ3) is 3.21. The molecule has 0 saturated carbocycles. The summed E-state index contributed by atoms with van der Waals surface area (Å²) in [5, 5.41) is 0. The van der Waals surface area contributed by atoms with Gasteiger partial charge in [0.1, 0.15) is 0 Å². The molecular weight excluding hydrogens is 252 g/mol. The predicted molar refractivity (Wildman–Crippen MR) is 84.8 cm³/mol. The second-order valence-electron chi connectivity index (χ2n) is 7.03. The van der Waals surface area contributed by atoms with Gasteiger partial charge < -0.3 is 5.73 Å². The Morgan fingerprint density at radius 2 is 2.00 bits per heavy atom. The van der Waals surface area contributed by atoms with Crippen LogP contribution in [0.3, 0.4) is 0 Å². The van der Waals surface area contributed by atoms with Gasteiger partial charge in [-0.1, -0.05) is 20.8 Å². The van der Waals surface area contributed by atoms with Crippen molar-refractivity contribution in [1.82, 2.24) is 4.90 Å². The van der Waals surface area contributed by atoms with E-state index in [1.165, 1.54) is 22.7 Å². The Labute approximate surface area is 122 Å². The zero-order valence-corrected chi connectivity index (χ0v) is 13.8. The van der Waals surface area contributed by atoms with Crippen molar-refractivity contribution in [2.75, 3.05) is 6.54 Å². The minimum Gasteiger partial charge on any atom is -0.326 e. The van der Waals surface area contributed by atoms with Gasteiger partial charge in [0.15, 0.2) is 0 Å². The first kappa shape index (κ1) is 15.0. The first-order chi connectivity index (χ1) is 8.80. The molecule has 19 heavy (non-hydrogen) atoms. The molecule has 0 radical (unpaired) electrons. The zero-order valence-electron chi connectivity index (χ0n) is 12.9. The molecule has 0 aliphatic carbocycles. The predicted octanol–water partition coefficient (Wildman–Crippen LogP) is 3.92. The molecule has 0 bridgehead atoms. The van der Waals surface area contributed by atoms with E-state index >= 15 is 0 Å². The van der Waals surface area contributed by atoms with E-state index in [0.29, 0.717) is 12.1 Å². The summed E-state index contributed by atoms with van der Waals surface area (Å²) in [6.07, 6.45) is 2.38. The standard InChI is InChI=1S/C16H28N2S/c1-11(2)18-10-6-7-12(17)15(18)13-8-9-14(19-13)16(3,4)5/h8-9,11-12,15H,6-7,10,17H2,1-5H3. The minimum absolute atomic E-state index is 0.240. The van der Waals surface area contributed by atoms with E-state index in [1.807, 2.05) is 11.3 Å². The Balaban J connectivity index is 2.29. The van der Waals surface area contributed by atoms with Crippen LogP contribution >= 0.6 is 11.3 Å². The average molecular weight is 280 g/mol. The third-order valence-corrected chi connectivity index (χ3v) is 5.62. The fourth-order valence-electron chi connectivity index (χ4n) is 2.92. The van der Waals surface area contributed by atoms with E-state index in [2.05, 4.69) is 51.7 Å². The summed E-state index contributed by atoms with van der Waals surface area (Å²) in [5.74, 6) is 0. The van der Waals surface area contributed by atoms with E-state index < -0.39 is 0 Å². The Hall–Kier alpha value is -0.380. The smallest absolute Gasteiger partial charge is 0.0595 e. The molecule has 1 aromatic heterocycles. The molecule has 1 saturated heterocycles. The summed E-state index contributed by atoms with van der Waals surface area (Å²) in [6.45, 7) is 12.6. The van der Waals surface area contributed by atoms with Gasteiger partial charge >= 0.3 is 0 Å². The minimum atomic E-state index is 0.240. The number of nitrogens with two attached hydrogens (primary N) is 1. The number of hydrogen-bond donors (Lipinski definition) is 1.